The molecular weight excluding hydrogens is 192 g/mol. The van der Waals surface area contributed by atoms with Crippen molar-refractivity contribution in [3.8, 4) is 0 Å². The van der Waals surface area contributed by atoms with Crippen LogP contribution < -0.4 is 0 Å². The molecule has 1 saturated carbocycles. The van der Waals surface area contributed by atoms with Crippen LogP contribution >= 0.6 is 11.3 Å². The SMILES string of the molecule is OC1CCCCCC1Cc1cccs1. The van der Waals surface area contributed by atoms with Crippen LogP contribution in [0.1, 0.15) is 37.0 Å². The molecule has 0 amide bonds. The second-order valence-corrected chi connectivity index (χ2v) is 5.28. The maximum Gasteiger partial charge on any atom is 0.0571 e. The van der Waals surface area contributed by atoms with E-state index in [2.05, 4.69) is 17.5 Å². The van der Waals surface area contributed by atoms with Gasteiger partial charge in [0.1, 0.15) is 0 Å². The average Bonchev–Trinajstić information content (AvgIpc) is 2.60. The zero-order chi connectivity index (χ0) is 9.80. The lowest BCUT2D eigenvalue weighted by atomic mass is 9.93. The van der Waals surface area contributed by atoms with Gasteiger partial charge >= 0.3 is 0 Å². The summed E-state index contributed by atoms with van der Waals surface area (Å²) in [5.41, 5.74) is 0. The topological polar surface area (TPSA) is 20.2 Å². The van der Waals surface area contributed by atoms with Crippen molar-refractivity contribution in [2.75, 3.05) is 0 Å². The first-order valence-electron chi connectivity index (χ1n) is 5.56. The van der Waals surface area contributed by atoms with Crippen LogP contribution in [0.25, 0.3) is 0 Å². The summed E-state index contributed by atoms with van der Waals surface area (Å²) in [7, 11) is 0. The van der Waals surface area contributed by atoms with E-state index in [4.69, 9.17) is 0 Å². The minimum Gasteiger partial charge on any atom is -0.393 e. The molecule has 2 rings (SSSR count). The highest BCUT2D eigenvalue weighted by Gasteiger charge is 2.21. The van der Waals surface area contributed by atoms with Crippen LogP contribution in [0.2, 0.25) is 0 Å². The minimum absolute atomic E-state index is 0.0559. The Morgan fingerprint density at radius 1 is 1.29 bits per heavy atom. The first-order chi connectivity index (χ1) is 6.86. The van der Waals surface area contributed by atoms with Crippen LogP contribution in [-0.2, 0) is 6.42 Å². The van der Waals surface area contributed by atoms with Crippen molar-refractivity contribution in [3.05, 3.63) is 22.4 Å². The molecular formula is C12H18OS. The average molecular weight is 210 g/mol. The fourth-order valence-electron chi connectivity index (χ4n) is 2.29. The molecule has 2 atom stereocenters. The second-order valence-electron chi connectivity index (χ2n) is 4.25. The Labute approximate surface area is 89.8 Å². The number of rotatable bonds is 2. The molecule has 14 heavy (non-hydrogen) atoms. The molecule has 2 heteroatoms. The molecule has 1 nitrogen and oxygen atoms in total. The van der Waals surface area contributed by atoms with Gasteiger partial charge in [0, 0.05) is 4.88 Å². The lowest BCUT2D eigenvalue weighted by molar-refractivity contribution is 0.101. The molecule has 0 spiro atoms. The van der Waals surface area contributed by atoms with Gasteiger partial charge in [-0.1, -0.05) is 25.3 Å². The summed E-state index contributed by atoms with van der Waals surface area (Å²) < 4.78 is 0. The van der Waals surface area contributed by atoms with Gasteiger partial charge in [-0.25, -0.2) is 0 Å². The quantitative estimate of drug-likeness (QED) is 0.743. The van der Waals surface area contributed by atoms with Gasteiger partial charge in [0.05, 0.1) is 6.10 Å². The summed E-state index contributed by atoms with van der Waals surface area (Å²) in [6.45, 7) is 0. The number of hydrogen-bond acceptors (Lipinski definition) is 2. The van der Waals surface area contributed by atoms with Gasteiger partial charge in [-0.15, -0.1) is 11.3 Å². The molecule has 0 saturated heterocycles. The van der Waals surface area contributed by atoms with Crippen molar-refractivity contribution in [2.24, 2.45) is 5.92 Å². The van der Waals surface area contributed by atoms with Crippen molar-refractivity contribution in [2.45, 2.75) is 44.6 Å². The van der Waals surface area contributed by atoms with Crippen LogP contribution in [0.5, 0.6) is 0 Å². The number of hydrogen-bond donors (Lipinski definition) is 1. The van der Waals surface area contributed by atoms with E-state index in [-0.39, 0.29) is 6.10 Å². The highest BCUT2D eigenvalue weighted by Crippen LogP contribution is 2.27. The van der Waals surface area contributed by atoms with Gasteiger partial charge < -0.3 is 5.11 Å². The predicted octanol–water partition coefficient (Wildman–Crippen LogP) is 3.23. The predicted molar refractivity (Wildman–Crippen MR) is 60.6 cm³/mol. The Balaban J connectivity index is 1.94. The molecule has 0 radical (unpaired) electrons. The molecule has 1 N–H and O–H groups in total. The number of aliphatic hydroxyl groups excluding tert-OH is 1. The monoisotopic (exact) mass is 210 g/mol. The largest absolute Gasteiger partial charge is 0.393 e. The first-order valence-corrected chi connectivity index (χ1v) is 6.44. The van der Waals surface area contributed by atoms with E-state index in [1.54, 1.807) is 0 Å². The summed E-state index contributed by atoms with van der Waals surface area (Å²) in [5, 5.41) is 12.1. The Bertz CT molecular complexity index is 255. The van der Waals surface area contributed by atoms with Crippen molar-refractivity contribution >= 4 is 11.3 Å². The second kappa shape index (κ2) is 4.94. The third kappa shape index (κ3) is 2.58. The van der Waals surface area contributed by atoms with E-state index in [1.807, 2.05) is 11.3 Å². The summed E-state index contributed by atoms with van der Waals surface area (Å²) in [5.74, 6) is 0.510. The Morgan fingerprint density at radius 3 is 2.93 bits per heavy atom. The lowest BCUT2D eigenvalue weighted by Gasteiger charge is -2.19. The molecule has 0 aromatic carbocycles. The fraction of sp³-hybridized carbons (Fsp3) is 0.667. The van der Waals surface area contributed by atoms with E-state index in [0.29, 0.717) is 5.92 Å². The fourth-order valence-corrected chi connectivity index (χ4v) is 3.09. The molecule has 1 aliphatic carbocycles. The third-order valence-electron chi connectivity index (χ3n) is 3.16. The minimum atomic E-state index is -0.0559. The van der Waals surface area contributed by atoms with E-state index in [9.17, 15) is 5.11 Å². The van der Waals surface area contributed by atoms with Crippen LogP contribution in [-0.4, -0.2) is 11.2 Å². The van der Waals surface area contributed by atoms with Crippen molar-refractivity contribution in [1.82, 2.24) is 0 Å². The highest BCUT2D eigenvalue weighted by molar-refractivity contribution is 7.09. The summed E-state index contributed by atoms with van der Waals surface area (Å²) in [6.07, 6.45) is 7.06. The number of thiophene rings is 1. The Kier molecular flexibility index (Phi) is 3.60. The first kappa shape index (κ1) is 10.2. The van der Waals surface area contributed by atoms with Gasteiger partial charge in [0.2, 0.25) is 0 Å². The smallest absolute Gasteiger partial charge is 0.0571 e. The van der Waals surface area contributed by atoms with E-state index < -0.39 is 0 Å². The zero-order valence-electron chi connectivity index (χ0n) is 8.48. The molecule has 1 heterocycles. The van der Waals surface area contributed by atoms with Crippen LogP contribution in [0.15, 0.2) is 17.5 Å². The van der Waals surface area contributed by atoms with E-state index in [0.717, 1.165) is 12.8 Å². The van der Waals surface area contributed by atoms with Crippen LogP contribution in [0.3, 0.4) is 0 Å². The zero-order valence-corrected chi connectivity index (χ0v) is 9.30. The molecule has 1 aromatic rings. The third-order valence-corrected chi connectivity index (χ3v) is 4.06. The van der Waals surface area contributed by atoms with Crippen molar-refractivity contribution in [3.63, 3.8) is 0 Å². The molecule has 0 bridgehead atoms. The van der Waals surface area contributed by atoms with E-state index in [1.165, 1.54) is 30.6 Å². The van der Waals surface area contributed by atoms with Crippen molar-refractivity contribution in [1.29, 1.82) is 0 Å². The molecule has 1 aliphatic rings. The van der Waals surface area contributed by atoms with Gasteiger partial charge in [0.15, 0.2) is 0 Å². The molecule has 78 valence electrons. The summed E-state index contributed by atoms with van der Waals surface area (Å²) in [6, 6.07) is 4.28. The lowest BCUT2D eigenvalue weighted by Crippen LogP contribution is -2.20. The van der Waals surface area contributed by atoms with Crippen molar-refractivity contribution < 1.29 is 5.11 Å². The standard InChI is InChI=1S/C12H18OS/c13-12-7-3-1-2-5-10(12)9-11-6-4-8-14-11/h4,6,8,10,12-13H,1-3,5,7,9H2. The highest BCUT2D eigenvalue weighted by atomic mass is 32.1. The number of aliphatic hydroxyl groups is 1. The maximum atomic E-state index is 9.95. The van der Waals surface area contributed by atoms with E-state index >= 15 is 0 Å². The normalized spacial score (nSPS) is 28.6. The van der Waals surface area contributed by atoms with Crippen LogP contribution in [0.4, 0.5) is 0 Å². The molecule has 1 fully saturated rings. The Morgan fingerprint density at radius 2 is 2.14 bits per heavy atom. The molecule has 0 aliphatic heterocycles. The Hall–Kier alpha value is -0.340. The molecule has 1 aromatic heterocycles. The summed E-state index contributed by atoms with van der Waals surface area (Å²) >= 11 is 1.81. The summed E-state index contributed by atoms with van der Waals surface area (Å²) in [4.78, 5) is 1.43. The molecule has 2 unspecified atom stereocenters. The maximum absolute atomic E-state index is 9.95. The van der Waals surface area contributed by atoms with Crippen LogP contribution in [0, 0.1) is 5.92 Å². The van der Waals surface area contributed by atoms with Gasteiger partial charge in [-0.05, 0) is 36.6 Å². The van der Waals surface area contributed by atoms with Gasteiger partial charge in [0.25, 0.3) is 0 Å². The van der Waals surface area contributed by atoms with Gasteiger partial charge in [-0.3, -0.25) is 0 Å². The van der Waals surface area contributed by atoms with Gasteiger partial charge in [-0.2, -0.15) is 0 Å².